The number of nitrogens with zero attached hydrogens (tertiary/aromatic N) is 2. The van der Waals surface area contributed by atoms with E-state index >= 15 is 0 Å². The standard InChI is InChI=1S/C19H18N2O5/c1-24-8-9-25-17-7-4-12-14(20-17)5-6-16-18(12)19(21-26-16)13-3-2-11(22)10-15(13)23/h4-7,13H,2-3,8-10H2,1H3/t13-/m1/s1. The van der Waals surface area contributed by atoms with Gasteiger partial charge in [-0.2, -0.15) is 0 Å². The topological polar surface area (TPSA) is 91.5 Å². The van der Waals surface area contributed by atoms with Crippen LogP contribution >= 0.6 is 0 Å². The molecule has 1 aromatic carbocycles. The fourth-order valence-corrected chi connectivity index (χ4v) is 3.36. The number of rotatable bonds is 5. The van der Waals surface area contributed by atoms with E-state index in [0.29, 0.717) is 43.2 Å². The molecule has 1 atom stereocenters. The summed E-state index contributed by atoms with van der Waals surface area (Å²) in [5, 5.41) is 5.78. The van der Waals surface area contributed by atoms with Gasteiger partial charge < -0.3 is 14.0 Å². The lowest BCUT2D eigenvalue weighted by Gasteiger charge is -2.17. The van der Waals surface area contributed by atoms with Crippen LogP contribution in [-0.4, -0.2) is 42.0 Å². The van der Waals surface area contributed by atoms with E-state index in [9.17, 15) is 9.59 Å². The van der Waals surface area contributed by atoms with Crippen LogP contribution in [0.1, 0.15) is 30.9 Å². The Hall–Kier alpha value is -2.80. The molecule has 1 saturated carbocycles. The third-order valence-electron chi connectivity index (χ3n) is 4.65. The van der Waals surface area contributed by atoms with Crippen molar-refractivity contribution < 1.29 is 23.6 Å². The van der Waals surface area contributed by atoms with Crippen LogP contribution in [0.25, 0.3) is 21.9 Å². The first-order chi connectivity index (χ1) is 12.7. The van der Waals surface area contributed by atoms with Crippen molar-refractivity contribution in [2.24, 2.45) is 0 Å². The fourth-order valence-electron chi connectivity index (χ4n) is 3.36. The van der Waals surface area contributed by atoms with Crippen LogP contribution in [0.3, 0.4) is 0 Å². The highest BCUT2D eigenvalue weighted by molar-refractivity contribution is 6.10. The quantitative estimate of drug-likeness (QED) is 0.514. The summed E-state index contributed by atoms with van der Waals surface area (Å²) in [6.07, 6.45) is 0.839. The summed E-state index contributed by atoms with van der Waals surface area (Å²) < 4.78 is 16.0. The normalized spacial score (nSPS) is 18.0. The monoisotopic (exact) mass is 354 g/mol. The van der Waals surface area contributed by atoms with E-state index in [2.05, 4.69) is 10.1 Å². The highest BCUT2D eigenvalue weighted by atomic mass is 16.5. The second-order valence-electron chi connectivity index (χ2n) is 6.34. The van der Waals surface area contributed by atoms with Gasteiger partial charge in [-0.1, -0.05) is 5.16 Å². The lowest BCUT2D eigenvalue weighted by atomic mass is 9.83. The van der Waals surface area contributed by atoms with Gasteiger partial charge in [0.05, 0.1) is 29.8 Å². The van der Waals surface area contributed by atoms with Gasteiger partial charge >= 0.3 is 0 Å². The zero-order chi connectivity index (χ0) is 18.1. The molecule has 0 radical (unpaired) electrons. The Bertz CT molecular complexity index is 994. The average Bonchev–Trinajstić information content (AvgIpc) is 3.06. The van der Waals surface area contributed by atoms with Crippen molar-refractivity contribution in [2.75, 3.05) is 20.3 Å². The first-order valence-corrected chi connectivity index (χ1v) is 8.52. The third kappa shape index (κ3) is 2.94. The Morgan fingerprint density at radius 3 is 2.88 bits per heavy atom. The summed E-state index contributed by atoms with van der Waals surface area (Å²) >= 11 is 0. The van der Waals surface area contributed by atoms with E-state index < -0.39 is 5.92 Å². The van der Waals surface area contributed by atoms with Gasteiger partial charge in [0.25, 0.3) is 0 Å². The average molecular weight is 354 g/mol. The molecule has 7 nitrogen and oxygen atoms in total. The zero-order valence-electron chi connectivity index (χ0n) is 14.4. The van der Waals surface area contributed by atoms with Crippen LogP contribution in [0.5, 0.6) is 5.88 Å². The maximum atomic E-state index is 12.3. The maximum Gasteiger partial charge on any atom is 0.213 e. The number of aromatic nitrogens is 2. The molecular formula is C19H18N2O5. The molecule has 134 valence electrons. The highest BCUT2D eigenvalue weighted by Crippen LogP contribution is 2.36. The van der Waals surface area contributed by atoms with Gasteiger partial charge in [0.2, 0.25) is 5.88 Å². The number of carbonyl (C=O) groups is 2. The number of hydrogen-bond acceptors (Lipinski definition) is 7. The summed E-state index contributed by atoms with van der Waals surface area (Å²) in [4.78, 5) is 28.4. The van der Waals surface area contributed by atoms with E-state index in [1.165, 1.54) is 0 Å². The van der Waals surface area contributed by atoms with Crippen molar-refractivity contribution in [1.29, 1.82) is 0 Å². The molecule has 0 saturated heterocycles. The predicted molar refractivity (Wildman–Crippen MR) is 93.3 cm³/mol. The maximum absolute atomic E-state index is 12.3. The van der Waals surface area contributed by atoms with E-state index in [0.717, 1.165) is 16.3 Å². The molecule has 1 aliphatic rings. The fraction of sp³-hybridized carbons (Fsp3) is 0.368. The molecule has 26 heavy (non-hydrogen) atoms. The Kier molecular flexibility index (Phi) is 4.38. The minimum atomic E-state index is -0.405. The van der Waals surface area contributed by atoms with Gasteiger partial charge in [0.1, 0.15) is 23.9 Å². The van der Waals surface area contributed by atoms with E-state index in [1.807, 2.05) is 12.1 Å². The van der Waals surface area contributed by atoms with Crippen LogP contribution in [0.2, 0.25) is 0 Å². The van der Waals surface area contributed by atoms with E-state index in [-0.39, 0.29) is 18.0 Å². The predicted octanol–water partition coefficient (Wildman–Crippen LogP) is 2.81. The summed E-state index contributed by atoms with van der Waals surface area (Å²) in [5.41, 5.74) is 1.93. The van der Waals surface area contributed by atoms with Gasteiger partial charge in [-0.3, -0.25) is 9.59 Å². The van der Waals surface area contributed by atoms with Crippen molar-refractivity contribution in [1.82, 2.24) is 10.1 Å². The van der Waals surface area contributed by atoms with Gasteiger partial charge in [-0.25, -0.2) is 4.98 Å². The molecule has 2 aromatic heterocycles. The molecule has 0 aliphatic heterocycles. The number of hydrogen-bond donors (Lipinski definition) is 0. The van der Waals surface area contributed by atoms with Crippen LogP contribution in [0, 0.1) is 0 Å². The van der Waals surface area contributed by atoms with Crippen LogP contribution in [0.4, 0.5) is 0 Å². The molecule has 2 heterocycles. The first-order valence-electron chi connectivity index (χ1n) is 8.52. The minimum Gasteiger partial charge on any atom is -0.475 e. The van der Waals surface area contributed by atoms with Crippen LogP contribution in [0.15, 0.2) is 28.8 Å². The van der Waals surface area contributed by atoms with Gasteiger partial charge in [0.15, 0.2) is 5.58 Å². The summed E-state index contributed by atoms with van der Waals surface area (Å²) in [7, 11) is 1.61. The molecule has 1 aliphatic carbocycles. The molecule has 1 fully saturated rings. The Morgan fingerprint density at radius 2 is 2.08 bits per heavy atom. The van der Waals surface area contributed by atoms with Crippen molar-refractivity contribution in [3.63, 3.8) is 0 Å². The number of ketones is 2. The number of carbonyl (C=O) groups excluding carboxylic acids is 2. The Balaban J connectivity index is 1.75. The SMILES string of the molecule is COCCOc1ccc2c(ccc3onc([C@@H]4CCC(=O)CC4=O)c32)n1. The molecule has 0 spiro atoms. The lowest BCUT2D eigenvalue weighted by Crippen LogP contribution is -2.23. The third-order valence-corrected chi connectivity index (χ3v) is 4.65. The van der Waals surface area contributed by atoms with Crippen molar-refractivity contribution >= 4 is 33.4 Å². The number of ether oxygens (including phenoxy) is 2. The van der Waals surface area contributed by atoms with Crippen LogP contribution in [-0.2, 0) is 14.3 Å². The lowest BCUT2D eigenvalue weighted by molar-refractivity contribution is -0.130. The molecule has 4 rings (SSSR count). The number of benzene rings is 1. The highest BCUT2D eigenvalue weighted by Gasteiger charge is 2.32. The molecule has 0 unspecified atom stereocenters. The van der Waals surface area contributed by atoms with Gasteiger partial charge in [-0.05, 0) is 24.6 Å². The molecule has 0 amide bonds. The first kappa shape index (κ1) is 16.7. The molecule has 0 N–H and O–H groups in total. The minimum absolute atomic E-state index is 0.0107. The summed E-state index contributed by atoms with van der Waals surface area (Å²) in [6.45, 7) is 0.900. The van der Waals surface area contributed by atoms with Crippen LogP contribution < -0.4 is 4.74 Å². The molecular weight excluding hydrogens is 336 g/mol. The second-order valence-corrected chi connectivity index (χ2v) is 6.34. The Labute approximate surface area is 149 Å². The Morgan fingerprint density at radius 1 is 1.19 bits per heavy atom. The van der Waals surface area contributed by atoms with E-state index in [4.69, 9.17) is 14.0 Å². The van der Waals surface area contributed by atoms with Crippen molar-refractivity contribution in [3.05, 3.63) is 30.0 Å². The number of Topliss-reactive ketones (excluding diaryl/α,β-unsaturated/α-hetero) is 2. The number of fused-ring (bicyclic) bond motifs is 3. The summed E-state index contributed by atoms with van der Waals surface area (Å²) in [6, 6.07) is 7.30. The van der Waals surface area contributed by atoms with Crippen molar-refractivity contribution in [3.8, 4) is 5.88 Å². The smallest absolute Gasteiger partial charge is 0.213 e. The molecule has 0 bridgehead atoms. The van der Waals surface area contributed by atoms with E-state index in [1.54, 1.807) is 19.2 Å². The van der Waals surface area contributed by atoms with Gasteiger partial charge in [-0.15, -0.1) is 0 Å². The second kappa shape index (κ2) is 6.84. The largest absolute Gasteiger partial charge is 0.475 e. The number of pyridine rings is 1. The zero-order valence-corrected chi connectivity index (χ0v) is 14.4. The number of methoxy groups -OCH3 is 1. The van der Waals surface area contributed by atoms with Crippen molar-refractivity contribution in [2.45, 2.75) is 25.2 Å². The molecule has 3 aromatic rings. The summed E-state index contributed by atoms with van der Waals surface area (Å²) in [5.74, 6) is -0.00669. The van der Waals surface area contributed by atoms with Gasteiger partial charge in [0, 0.05) is 25.0 Å². The molecule has 7 heteroatoms.